The van der Waals surface area contributed by atoms with Gasteiger partial charge >= 0.3 is 6.03 Å². The summed E-state index contributed by atoms with van der Waals surface area (Å²) in [6.45, 7) is 1.52. The topological polar surface area (TPSA) is 116 Å². The highest BCUT2D eigenvalue weighted by Gasteiger charge is 2.15. The lowest BCUT2D eigenvalue weighted by Crippen LogP contribution is -2.40. The van der Waals surface area contributed by atoms with Crippen molar-refractivity contribution in [3.05, 3.63) is 47.5 Å². The second-order valence-electron chi connectivity index (χ2n) is 7.20. The zero-order valence-corrected chi connectivity index (χ0v) is 18.3. The van der Waals surface area contributed by atoms with Gasteiger partial charge < -0.3 is 25.6 Å². The third-order valence-electron chi connectivity index (χ3n) is 4.58. The summed E-state index contributed by atoms with van der Waals surface area (Å²) >= 11 is 1.15. The Bertz CT molecular complexity index is 1100. The Labute approximate surface area is 187 Å². The van der Waals surface area contributed by atoms with Gasteiger partial charge in [0, 0.05) is 25.1 Å². The van der Waals surface area contributed by atoms with Gasteiger partial charge in [0.25, 0.3) is 0 Å². The molecule has 2 aromatic carbocycles. The van der Waals surface area contributed by atoms with Crippen LogP contribution >= 0.6 is 11.3 Å². The van der Waals surface area contributed by atoms with E-state index in [0.29, 0.717) is 26.7 Å². The Balaban J connectivity index is 1.56. The Morgan fingerprint density at radius 1 is 1.28 bits per heavy atom. The molecule has 3 aromatic rings. The van der Waals surface area contributed by atoms with Crippen molar-refractivity contribution in [2.24, 2.45) is 0 Å². The number of rotatable bonds is 9. The molecule has 0 unspecified atom stereocenters. The van der Waals surface area contributed by atoms with Crippen LogP contribution in [-0.4, -0.2) is 53.6 Å². The number of hydrogen-bond donors (Lipinski definition) is 5. The molecule has 32 heavy (non-hydrogen) atoms. The van der Waals surface area contributed by atoms with Gasteiger partial charge in [-0.25, -0.2) is 18.6 Å². The van der Waals surface area contributed by atoms with E-state index >= 15 is 0 Å². The number of anilines is 2. The minimum Gasteiger partial charge on any atom is -0.496 e. The van der Waals surface area contributed by atoms with Crippen LogP contribution in [0.25, 0.3) is 10.2 Å². The van der Waals surface area contributed by atoms with E-state index in [1.165, 1.54) is 37.4 Å². The Kier molecular flexibility index (Phi) is 7.78. The fraction of sp³-hybridized carbons (Fsp3) is 0.333. The number of benzene rings is 2. The first-order chi connectivity index (χ1) is 15.3. The number of nitrogens with zero attached hydrogens (tertiary/aromatic N) is 1. The molecule has 1 heterocycles. The molecule has 0 aliphatic rings. The summed E-state index contributed by atoms with van der Waals surface area (Å²) in [5.41, 5.74) is 1.19. The number of amides is 2. The largest absolute Gasteiger partial charge is 0.496 e. The van der Waals surface area contributed by atoms with E-state index in [-0.39, 0.29) is 30.5 Å². The number of nitrogens with one attached hydrogen (secondary N) is 3. The highest BCUT2D eigenvalue weighted by atomic mass is 32.1. The minimum absolute atomic E-state index is 0.0490. The molecule has 11 heteroatoms. The van der Waals surface area contributed by atoms with Crippen molar-refractivity contribution in [2.45, 2.75) is 25.5 Å². The SMILES string of the molecule is COc1cc(NC[C@H](C)NC(=O)Nc2nc3ccc(F)cc3s2)c(F)cc1C[C@@H](O)CO. The van der Waals surface area contributed by atoms with Gasteiger partial charge in [-0.05, 0) is 36.8 Å². The number of ether oxygens (including phenoxy) is 1. The highest BCUT2D eigenvalue weighted by Crippen LogP contribution is 2.28. The molecule has 2 atom stereocenters. The predicted octanol–water partition coefficient (Wildman–Crippen LogP) is 3.10. The average molecular weight is 467 g/mol. The highest BCUT2D eigenvalue weighted by molar-refractivity contribution is 7.22. The molecule has 0 fully saturated rings. The number of halogens is 2. The van der Waals surface area contributed by atoms with Crippen molar-refractivity contribution in [1.29, 1.82) is 0 Å². The van der Waals surface area contributed by atoms with Gasteiger partial charge in [-0.15, -0.1) is 0 Å². The fourth-order valence-electron chi connectivity index (χ4n) is 3.02. The Hall–Kier alpha value is -3.02. The summed E-state index contributed by atoms with van der Waals surface area (Å²) in [5.74, 6) is -0.561. The van der Waals surface area contributed by atoms with E-state index in [2.05, 4.69) is 20.9 Å². The molecular formula is C21H24F2N4O4S. The maximum atomic E-state index is 14.5. The molecule has 0 spiro atoms. The van der Waals surface area contributed by atoms with Crippen molar-refractivity contribution in [3.63, 3.8) is 0 Å². The number of thiazole rings is 1. The number of hydrogen-bond acceptors (Lipinski definition) is 7. The number of carbonyl (C=O) groups is 1. The monoisotopic (exact) mass is 466 g/mol. The molecule has 1 aromatic heterocycles. The van der Waals surface area contributed by atoms with Gasteiger partial charge in [0.2, 0.25) is 0 Å². The van der Waals surface area contributed by atoms with E-state index in [9.17, 15) is 18.7 Å². The lowest BCUT2D eigenvalue weighted by Gasteiger charge is -2.18. The van der Waals surface area contributed by atoms with Gasteiger partial charge in [0.05, 0.1) is 35.7 Å². The quantitative estimate of drug-likeness (QED) is 0.331. The van der Waals surface area contributed by atoms with Crippen LogP contribution in [0.2, 0.25) is 0 Å². The van der Waals surface area contributed by atoms with E-state index in [1.807, 2.05) is 0 Å². The lowest BCUT2D eigenvalue weighted by molar-refractivity contribution is 0.0949. The third-order valence-corrected chi connectivity index (χ3v) is 5.52. The van der Waals surface area contributed by atoms with E-state index in [4.69, 9.17) is 9.84 Å². The number of urea groups is 1. The predicted molar refractivity (Wildman–Crippen MR) is 119 cm³/mol. The van der Waals surface area contributed by atoms with Gasteiger partial charge in [0.1, 0.15) is 17.4 Å². The third kappa shape index (κ3) is 6.02. The van der Waals surface area contributed by atoms with E-state index in [1.54, 1.807) is 6.92 Å². The number of methoxy groups -OCH3 is 1. The maximum absolute atomic E-state index is 14.5. The smallest absolute Gasteiger partial charge is 0.321 e. The first-order valence-electron chi connectivity index (χ1n) is 9.81. The van der Waals surface area contributed by atoms with Gasteiger partial charge in [-0.3, -0.25) is 5.32 Å². The van der Waals surface area contributed by atoms with Crippen molar-refractivity contribution < 1.29 is 28.5 Å². The zero-order valence-electron chi connectivity index (χ0n) is 17.5. The average Bonchev–Trinajstić information content (AvgIpc) is 3.13. The van der Waals surface area contributed by atoms with Crippen LogP contribution in [0.15, 0.2) is 30.3 Å². The van der Waals surface area contributed by atoms with Crippen LogP contribution in [0.5, 0.6) is 5.75 Å². The summed E-state index contributed by atoms with van der Waals surface area (Å²) in [4.78, 5) is 16.5. The molecule has 0 bridgehead atoms. The maximum Gasteiger partial charge on any atom is 0.321 e. The van der Waals surface area contributed by atoms with Gasteiger partial charge in [-0.2, -0.15) is 0 Å². The fourth-order valence-corrected chi connectivity index (χ4v) is 3.91. The van der Waals surface area contributed by atoms with Crippen LogP contribution in [0.4, 0.5) is 24.4 Å². The van der Waals surface area contributed by atoms with Crippen molar-refractivity contribution in [3.8, 4) is 5.75 Å². The molecule has 0 aliphatic carbocycles. The molecule has 3 rings (SSSR count). The van der Waals surface area contributed by atoms with Crippen LogP contribution in [0.3, 0.4) is 0 Å². The van der Waals surface area contributed by atoms with Crippen molar-refractivity contribution >= 4 is 38.4 Å². The van der Waals surface area contributed by atoms with Crippen LogP contribution in [0, 0.1) is 11.6 Å². The van der Waals surface area contributed by atoms with Crippen molar-refractivity contribution in [2.75, 3.05) is 30.9 Å². The zero-order chi connectivity index (χ0) is 23.3. The number of carbonyl (C=O) groups excluding carboxylic acids is 1. The Morgan fingerprint density at radius 2 is 2.06 bits per heavy atom. The van der Waals surface area contributed by atoms with Crippen LogP contribution < -0.4 is 20.7 Å². The molecule has 2 amide bonds. The van der Waals surface area contributed by atoms with Gasteiger partial charge in [-0.1, -0.05) is 11.3 Å². The molecule has 0 saturated carbocycles. The molecule has 8 nitrogen and oxygen atoms in total. The number of aliphatic hydroxyl groups is 2. The summed E-state index contributed by atoms with van der Waals surface area (Å²) in [5, 5.41) is 27.2. The first-order valence-corrected chi connectivity index (χ1v) is 10.6. The van der Waals surface area contributed by atoms with E-state index in [0.717, 1.165) is 11.3 Å². The van der Waals surface area contributed by atoms with E-state index < -0.39 is 24.6 Å². The van der Waals surface area contributed by atoms with Crippen LogP contribution in [-0.2, 0) is 6.42 Å². The first kappa shape index (κ1) is 23.6. The number of aromatic nitrogens is 1. The number of fused-ring (bicyclic) bond motifs is 1. The number of aliphatic hydroxyl groups excluding tert-OH is 2. The summed E-state index contributed by atoms with van der Waals surface area (Å²) in [6, 6.07) is 6.02. The summed E-state index contributed by atoms with van der Waals surface area (Å²) in [6.07, 6.45) is -0.966. The summed E-state index contributed by atoms with van der Waals surface area (Å²) < 4.78 is 33.6. The molecular weight excluding hydrogens is 442 g/mol. The standard InChI is InChI=1S/C21H24F2N4O4S/c1-11(25-20(30)27-21-26-16-4-3-13(22)7-19(16)32-21)9-24-17-8-18(31-2)12(6-15(17)23)5-14(29)10-28/h3-4,6-8,11,14,24,28-29H,5,9-10H2,1-2H3,(H2,25,26,27,30)/t11-,14+/m0/s1. The molecule has 0 radical (unpaired) electrons. The summed E-state index contributed by atoms with van der Waals surface area (Å²) in [7, 11) is 1.43. The van der Waals surface area contributed by atoms with Crippen molar-refractivity contribution in [1.82, 2.24) is 10.3 Å². The minimum atomic E-state index is -1.01. The Morgan fingerprint density at radius 3 is 2.78 bits per heavy atom. The van der Waals surface area contributed by atoms with Gasteiger partial charge in [0.15, 0.2) is 5.13 Å². The molecule has 0 aliphatic heterocycles. The molecule has 0 saturated heterocycles. The second kappa shape index (κ2) is 10.5. The molecule has 5 N–H and O–H groups in total. The molecule has 172 valence electrons. The second-order valence-corrected chi connectivity index (χ2v) is 8.23. The lowest BCUT2D eigenvalue weighted by atomic mass is 10.1. The normalized spacial score (nSPS) is 12.9. The van der Waals surface area contributed by atoms with Crippen LogP contribution in [0.1, 0.15) is 12.5 Å².